The fourth-order valence-electron chi connectivity index (χ4n) is 3.14. The van der Waals surface area contributed by atoms with Gasteiger partial charge in [-0.15, -0.1) is 15.3 Å². The SMILES string of the molecule is OC[C@H]1CCCN(c2ccc3nnc(-c4ccccc4)n3n2)C1. The Kier molecular flexibility index (Phi) is 3.67. The van der Waals surface area contributed by atoms with Crippen molar-refractivity contribution in [1.29, 1.82) is 0 Å². The maximum absolute atomic E-state index is 9.41. The number of piperidine rings is 1. The van der Waals surface area contributed by atoms with E-state index in [0.29, 0.717) is 5.92 Å². The van der Waals surface area contributed by atoms with Crippen molar-refractivity contribution in [3.8, 4) is 11.4 Å². The second-order valence-electron chi connectivity index (χ2n) is 5.99. The molecule has 0 saturated carbocycles. The lowest BCUT2D eigenvalue weighted by Gasteiger charge is -2.32. The Hall–Kier alpha value is -2.47. The number of aliphatic hydroxyl groups excluding tert-OH is 1. The molecule has 1 N–H and O–H groups in total. The molecular weight excluding hydrogens is 290 g/mol. The molecule has 6 heteroatoms. The molecule has 23 heavy (non-hydrogen) atoms. The number of hydrogen-bond donors (Lipinski definition) is 1. The predicted molar refractivity (Wildman–Crippen MR) is 88.2 cm³/mol. The van der Waals surface area contributed by atoms with Gasteiger partial charge in [0.05, 0.1) is 0 Å². The van der Waals surface area contributed by atoms with E-state index in [0.717, 1.165) is 48.8 Å². The number of hydrogen-bond acceptors (Lipinski definition) is 5. The molecule has 1 aliphatic heterocycles. The highest BCUT2D eigenvalue weighted by molar-refractivity contribution is 5.59. The highest BCUT2D eigenvalue weighted by Gasteiger charge is 2.21. The zero-order chi connectivity index (χ0) is 15.6. The summed E-state index contributed by atoms with van der Waals surface area (Å²) in [4.78, 5) is 2.23. The molecule has 1 saturated heterocycles. The van der Waals surface area contributed by atoms with Gasteiger partial charge in [-0.05, 0) is 30.9 Å². The molecule has 0 amide bonds. The summed E-state index contributed by atoms with van der Waals surface area (Å²) in [5, 5.41) is 22.6. The highest BCUT2D eigenvalue weighted by atomic mass is 16.3. The minimum absolute atomic E-state index is 0.237. The van der Waals surface area contributed by atoms with Crippen LogP contribution >= 0.6 is 0 Å². The fourth-order valence-corrected chi connectivity index (χ4v) is 3.14. The minimum Gasteiger partial charge on any atom is -0.396 e. The molecule has 0 unspecified atom stereocenters. The van der Waals surface area contributed by atoms with E-state index < -0.39 is 0 Å². The number of benzene rings is 1. The highest BCUT2D eigenvalue weighted by Crippen LogP contribution is 2.23. The number of nitrogens with zero attached hydrogens (tertiary/aromatic N) is 5. The van der Waals surface area contributed by atoms with Crippen molar-refractivity contribution < 1.29 is 5.11 Å². The van der Waals surface area contributed by atoms with Crippen molar-refractivity contribution in [2.75, 3.05) is 24.6 Å². The van der Waals surface area contributed by atoms with Crippen LogP contribution in [-0.4, -0.2) is 44.6 Å². The first-order chi connectivity index (χ1) is 11.3. The van der Waals surface area contributed by atoms with E-state index in [1.807, 2.05) is 42.5 Å². The summed E-state index contributed by atoms with van der Waals surface area (Å²) in [5.41, 5.74) is 1.74. The molecule has 1 atom stereocenters. The quantitative estimate of drug-likeness (QED) is 0.801. The summed E-state index contributed by atoms with van der Waals surface area (Å²) in [6.07, 6.45) is 2.16. The van der Waals surface area contributed by atoms with E-state index in [-0.39, 0.29) is 6.61 Å². The van der Waals surface area contributed by atoms with Crippen LogP contribution < -0.4 is 4.90 Å². The Morgan fingerprint density at radius 3 is 2.78 bits per heavy atom. The van der Waals surface area contributed by atoms with E-state index in [9.17, 15) is 5.11 Å². The van der Waals surface area contributed by atoms with Crippen molar-refractivity contribution in [3.63, 3.8) is 0 Å². The van der Waals surface area contributed by atoms with Crippen LogP contribution in [0.2, 0.25) is 0 Å². The summed E-state index contributed by atoms with van der Waals surface area (Å²) in [7, 11) is 0. The molecule has 1 fully saturated rings. The van der Waals surface area contributed by atoms with E-state index in [1.165, 1.54) is 0 Å². The normalized spacial score (nSPS) is 18.5. The number of aliphatic hydroxyl groups is 1. The number of anilines is 1. The van der Waals surface area contributed by atoms with Crippen LogP contribution in [0, 0.1) is 5.92 Å². The van der Waals surface area contributed by atoms with Crippen molar-refractivity contribution in [1.82, 2.24) is 19.8 Å². The Balaban J connectivity index is 1.72. The molecule has 3 heterocycles. The van der Waals surface area contributed by atoms with Crippen LogP contribution in [0.4, 0.5) is 5.82 Å². The van der Waals surface area contributed by atoms with Crippen LogP contribution in [0.5, 0.6) is 0 Å². The summed E-state index contributed by atoms with van der Waals surface area (Å²) in [6, 6.07) is 13.9. The van der Waals surface area contributed by atoms with Gasteiger partial charge in [-0.3, -0.25) is 0 Å². The van der Waals surface area contributed by atoms with E-state index >= 15 is 0 Å². The van der Waals surface area contributed by atoms with Crippen LogP contribution in [-0.2, 0) is 0 Å². The summed E-state index contributed by atoms with van der Waals surface area (Å²) >= 11 is 0. The van der Waals surface area contributed by atoms with Gasteiger partial charge < -0.3 is 10.0 Å². The first-order valence-corrected chi connectivity index (χ1v) is 7.99. The zero-order valence-electron chi connectivity index (χ0n) is 12.8. The van der Waals surface area contributed by atoms with Crippen molar-refractivity contribution in [2.45, 2.75) is 12.8 Å². The molecule has 0 spiro atoms. The van der Waals surface area contributed by atoms with Gasteiger partial charge in [0, 0.05) is 25.3 Å². The second kappa shape index (κ2) is 5.96. The number of aromatic nitrogens is 4. The van der Waals surface area contributed by atoms with Crippen molar-refractivity contribution in [3.05, 3.63) is 42.5 Å². The van der Waals surface area contributed by atoms with Gasteiger partial charge in [0.15, 0.2) is 11.5 Å². The molecule has 1 aromatic carbocycles. The fraction of sp³-hybridized carbons (Fsp3) is 0.353. The Labute approximate surface area is 134 Å². The van der Waals surface area contributed by atoms with Gasteiger partial charge in [-0.25, -0.2) is 0 Å². The van der Waals surface area contributed by atoms with E-state index in [4.69, 9.17) is 5.10 Å². The van der Waals surface area contributed by atoms with Gasteiger partial charge in [-0.1, -0.05) is 30.3 Å². The van der Waals surface area contributed by atoms with Crippen LogP contribution in [0.3, 0.4) is 0 Å². The van der Waals surface area contributed by atoms with Crippen molar-refractivity contribution >= 4 is 11.5 Å². The monoisotopic (exact) mass is 309 g/mol. The molecule has 0 bridgehead atoms. The summed E-state index contributed by atoms with van der Waals surface area (Å²) in [6.45, 7) is 2.05. The minimum atomic E-state index is 0.237. The molecule has 2 aromatic heterocycles. The molecule has 4 rings (SSSR count). The summed E-state index contributed by atoms with van der Waals surface area (Å²) in [5.74, 6) is 1.99. The van der Waals surface area contributed by atoms with Crippen LogP contribution in [0.25, 0.3) is 17.0 Å². The summed E-state index contributed by atoms with van der Waals surface area (Å²) < 4.78 is 1.80. The molecule has 118 valence electrons. The third-order valence-electron chi connectivity index (χ3n) is 4.38. The number of rotatable bonds is 3. The molecule has 0 aliphatic carbocycles. The zero-order valence-corrected chi connectivity index (χ0v) is 12.8. The lowest BCUT2D eigenvalue weighted by Crippen LogP contribution is -2.37. The average molecular weight is 309 g/mol. The molecule has 0 radical (unpaired) electrons. The van der Waals surface area contributed by atoms with Gasteiger partial charge in [0.25, 0.3) is 0 Å². The Morgan fingerprint density at radius 2 is 1.96 bits per heavy atom. The lowest BCUT2D eigenvalue weighted by atomic mass is 9.99. The van der Waals surface area contributed by atoms with Crippen molar-refractivity contribution in [2.24, 2.45) is 5.92 Å². The van der Waals surface area contributed by atoms with Gasteiger partial charge in [0.2, 0.25) is 0 Å². The first kappa shape index (κ1) is 14.1. The largest absolute Gasteiger partial charge is 0.396 e. The maximum Gasteiger partial charge on any atom is 0.185 e. The van der Waals surface area contributed by atoms with Gasteiger partial charge >= 0.3 is 0 Å². The van der Waals surface area contributed by atoms with E-state index in [2.05, 4.69) is 15.1 Å². The third-order valence-corrected chi connectivity index (χ3v) is 4.38. The molecular formula is C17H19N5O. The maximum atomic E-state index is 9.41. The molecule has 6 nitrogen and oxygen atoms in total. The third kappa shape index (κ3) is 2.66. The average Bonchev–Trinajstić information content (AvgIpc) is 3.05. The smallest absolute Gasteiger partial charge is 0.185 e. The van der Waals surface area contributed by atoms with Crippen LogP contribution in [0.15, 0.2) is 42.5 Å². The van der Waals surface area contributed by atoms with Crippen LogP contribution in [0.1, 0.15) is 12.8 Å². The predicted octanol–water partition coefficient (Wildman–Crippen LogP) is 2.00. The molecule has 1 aliphatic rings. The van der Waals surface area contributed by atoms with E-state index in [1.54, 1.807) is 4.52 Å². The first-order valence-electron chi connectivity index (χ1n) is 7.99. The Bertz CT molecular complexity index is 801. The Morgan fingerprint density at radius 1 is 1.09 bits per heavy atom. The van der Waals surface area contributed by atoms with Gasteiger partial charge in [0.1, 0.15) is 5.82 Å². The topological polar surface area (TPSA) is 66.5 Å². The standard InChI is InChI=1S/C17H19N5O/c23-12-13-5-4-10-21(11-13)16-9-8-15-18-19-17(22(15)20-16)14-6-2-1-3-7-14/h1-3,6-9,13,23H,4-5,10-12H2/t13-/m0/s1. The molecule has 3 aromatic rings. The van der Waals surface area contributed by atoms with Gasteiger partial charge in [-0.2, -0.15) is 4.52 Å². The number of fused-ring (bicyclic) bond motifs is 1. The second-order valence-corrected chi connectivity index (χ2v) is 5.99. The lowest BCUT2D eigenvalue weighted by molar-refractivity contribution is 0.208.